The third-order valence-electron chi connectivity index (χ3n) is 2.78. The van der Waals surface area contributed by atoms with Gasteiger partial charge in [-0.2, -0.15) is 0 Å². The summed E-state index contributed by atoms with van der Waals surface area (Å²) in [7, 11) is 3.14. The fourth-order valence-electron chi connectivity index (χ4n) is 1.74. The van der Waals surface area contributed by atoms with E-state index in [4.69, 9.17) is 14.6 Å². The monoisotopic (exact) mass is 289 g/mol. The van der Waals surface area contributed by atoms with E-state index >= 15 is 0 Å². The van der Waals surface area contributed by atoms with Gasteiger partial charge in [-0.15, -0.1) is 0 Å². The number of carboxylic acid groups (broad SMARTS) is 1. The van der Waals surface area contributed by atoms with Crippen LogP contribution in [-0.2, 0) is 6.54 Å². The van der Waals surface area contributed by atoms with Crippen molar-refractivity contribution >= 4 is 11.8 Å². The number of carbonyl (C=O) groups is 1. The number of ether oxygens (including phenoxy) is 2. The molecule has 21 heavy (non-hydrogen) atoms. The van der Waals surface area contributed by atoms with Gasteiger partial charge in [0.25, 0.3) is 0 Å². The molecule has 0 saturated carbocycles. The van der Waals surface area contributed by atoms with Gasteiger partial charge in [-0.05, 0) is 17.7 Å². The van der Waals surface area contributed by atoms with Crippen LogP contribution >= 0.6 is 0 Å². The van der Waals surface area contributed by atoms with Crippen molar-refractivity contribution < 1.29 is 19.4 Å². The van der Waals surface area contributed by atoms with Crippen molar-refractivity contribution in [2.75, 3.05) is 19.5 Å². The SMILES string of the molecule is COc1ccc(CNc2cncc(C(=O)O)n2)cc1OC. The lowest BCUT2D eigenvalue weighted by molar-refractivity contribution is 0.0690. The molecule has 1 aromatic heterocycles. The van der Waals surface area contributed by atoms with Crippen molar-refractivity contribution in [3.8, 4) is 11.5 Å². The van der Waals surface area contributed by atoms with Crippen LogP contribution in [0.4, 0.5) is 5.82 Å². The first-order chi connectivity index (χ1) is 10.1. The minimum Gasteiger partial charge on any atom is -0.493 e. The average Bonchev–Trinajstić information content (AvgIpc) is 2.52. The molecule has 110 valence electrons. The van der Waals surface area contributed by atoms with Crippen molar-refractivity contribution in [2.24, 2.45) is 0 Å². The topological polar surface area (TPSA) is 93.6 Å². The molecule has 0 aliphatic carbocycles. The van der Waals surface area contributed by atoms with E-state index in [0.29, 0.717) is 23.9 Å². The number of nitrogens with zero attached hydrogens (tertiary/aromatic N) is 2. The van der Waals surface area contributed by atoms with E-state index < -0.39 is 5.97 Å². The Hall–Kier alpha value is -2.83. The number of nitrogens with one attached hydrogen (secondary N) is 1. The first-order valence-corrected chi connectivity index (χ1v) is 6.14. The molecule has 2 rings (SSSR count). The van der Waals surface area contributed by atoms with Crippen LogP contribution in [0.5, 0.6) is 11.5 Å². The van der Waals surface area contributed by atoms with E-state index in [0.717, 1.165) is 5.56 Å². The molecule has 1 aromatic carbocycles. The highest BCUT2D eigenvalue weighted by atomic mass is 16.5. The predicted molar refractivity (Wildman–Crippen MR) is 75.9 cm³/mol. The van der Waals surface area contributed by atoms with Crippen LogP contribution in [0.3, 0.4) is 0 Å². The summed E-state index contributed by atoms with van der Waals surface area (Å²) >= 11 is 0. The van der Waals surface area contributed by atoms with Gasteiger partial charge in [0.1, 0.15) is 5.82 Å². The second-order valence-electron chi connectivity index (χ2n) is 4.14. The van der Waals surface area contributed by atoms with Gasteiger partial charge >= 0.3 is 5.97 Å². The smallest absolute Gasteiger partial charge is 0.356 e. The number of carboxylic acids is 1. The van der Waals surface area contributed by atoms with Gasteiger partial charge in [0.2, 0.25) is 0 Å². The van der Waals surface area contributed by atoms with E-state index in [2.05, 4.69) is 15.3 Å². The number of rotatable bonds is 6. The highest BCUT2D eigenvalue weighted by Gasteiger charge is 2.07. The molecule has 0 saturated heterocycles. The maximum absolute atomic E-state index is 10.8. The number of hydrogen-bond acceptors (Lipinski definition) is 6. The Balaban J connectivity index is 2.09. The molecule has 0 atom stereocenters. The second kappa shape index (κ2) is 6.56. The normalized spacial score (nSPS) is 10.0. The summed E-state index contributed by atoms with van der Waals surface area (Å²) in [6, 6.07) is 5.51. The Kier molecular flexibility index (Phi) is 4.55. The minimum absolute atomic E-state index is 0.104. The van der Waals surface area contributed by atoms with E-state index in [-0.39, 0.29) is 5.69 Å². The molecule has 0 spiro atoms. The molecule has 0 aliphatic rings. The summed E-state index contributed by atoms with van der Waals surface area (Å²) < 4.78 is 10.4. The van der Waals surface area contributed by atoms with Crippen LogP contribution in [0.2, 0.25) is 0 Å². The van der Waals surface area contributed by atoms with Gasteiger partial charge in [0, 0.05) is 6.54 Å². The molecular formula is C14H15N3O4. The number of aromatic nitrogens is 2. The summed E-state index contributed by atoms with van der Waals surface area (Å²) in [6.45, 7) is 0.456. The molecule has 2 aromatic rings. The van der Waals surface area contributed by atoms with E-state index in [1.165, 1.54) is 12.4 Å². The number of hydrogen-bond donors (Lipinski definition) is 2. The van der Waals surface area contributed by atoms with Crippen LogP contribution in [-0.4, -0.2) is 35.3 Å². The largest absolute Gasteiger partial charge is 0.493 e. The van der Waals surface area contributed by atoms with Crippen LogP contribution < -0.4 is 14.8 Å². The third kappa shape index (κ3) is 3.59. The highest BCUT2D eigenvalue weighted by molar-refractivity contribution is 5.85. The molecule has 0 fully saturated rings. The first kappa shape index (κ1) is 14.6. The van der Waals surface area contributed by atoms with E-state index in [9.17, 15) is 4.79 Å². The van der Waals surface area contributed by atoms with Gasteiger partial charge < -0.3 is 19.9 Å². The molecule has 2 N–H and O–H groups in total. The number of methoxy groups -OCH3 is 2. The van der Waals surface area contributed by atoms with Gasteiger partial charge in [0.15, 0.2) is 17.2 Å². The summed E-state index contributed by atoms with van der Waals surface area (Å²) in [5.41, 5.74) is 0.836. The summed E-state index contributed by atoms with van der Waals surface area (Å²) in [6.07, 6.45) is 2.66. The summed E-state index contributed by atoms with van der Waals surface area (Å²) in [4.78, 5) is 18.6. The maximum Gasteiger partial charge on any atom is 0.356 e. The Bertz CT molecular complexity index is 646. The number of benzene rings is 1. The van der Waals surface area contributed by atoms with E-state index in [1.807, 2.05) is 12.1 Å². The van der Waals surface area contributed by atoms with Crippen LogP contribution in [0.15, 0.2) is 30.6 Å². The molecule has 0 unspecified atom stereocenters. The maximum atomic E-state index is 10.8. The standard InChI is InChI=1S/C14H15N3O4/c1-20-11-4-3-9(5-12(11)21-2)6-16-13-8-15-7-10(17-13)14(18)19/h3-5,7-8H,6H2,1-2H3,(H,16,17)(H,18,19). The molecule has 1 heterocycles. The van der Waals surface area contributed by atoms with Crippen LogP contribution in [0.1, 0.15) is 16.1 Å². The molecular weight excluding hydrogens is 274 g/mol. The summed E-state index contributed by atoms with van der Waals surface area (Å²) in [5, 5.41) is 11.9. The first-order valence-electron chi connectivity index (χ1n) is 6.14. The third-order valence-corrected chi connectivity index (χ3v) is 2.78. The van der Waals surface area contributed by atoms with Crippen molar-refractivity contribution in [3.63, 3.8) is 0 Å². The Labute approximate surface area is 121 Å². The second-order valence-corrected chi connectivity index (χ2v) is 4.14. The Morgan fingerprint density at radius 1 is 1.24 bits per heavy atom. The number of aromatic carboxylic acids is 1. The van der Waals surface area contributed by atoms with E-state index in [1.54, 1.807) is 20.3 Å². The van der Waals surface area contributed by atoms with Crippen molar-refractivity contribution in [2.45, 2.75) is 6.54 Å². The molecule has 0 amide bonds. The Morgan fingerprint density at radius 2 is 2.00 bits per heavy atom. The minimum atomic E-state index is -1.11. The fourth-order valence-corrected chi connectivity index (χ4v) is 1.74. The van der Waals surface area contributed by atoms with Gasteiger partial charge in [0.05, 0.1) is 26.6 Å². The fraction of sp³-hybridized carbons (Fsp3) is 0.214. The molecule has 0 bridgehead atoms. The van der Waals surface area contributed by atoms with Gasteiger partial charge in [-0.25, -0.2) is 9.78 Å². The van der Waals surface area contributed by atoms with Gasteiger partial charge in [-0.3, -0.25) is 4.98 Å². The highest BCUT2D eigenvalue weighted by Crippen LogP contribution is 2.27. The predicted octanol–water partition coefficient (Wildman–Crippen LogP) is 1.80. The molecule has 7 heteroatoms. The van der Waals surface area contributed by atoms with Crippen LogP contribution in [0, 0.1) is 0 Å². The quantitative estimate of drug-likeness (QED) is 0.837. The lowest BCUT2D eigenvalue weighted by Gasteiger charge is -2.10. The Morgan fingerprint density at radius 3 is 2.67 bits per heavy atom. The molecule has 0 aliphatic heterocycles. The molecule has 7 nitrogen and oxygen atoms in total. The lowest BCUT2D eigenvalue weighted by atomic mass is 10.2. The molecule has 0 radical (unpaired) electrons. The van der Waals surface area contributed by atoms with Crippen molar-refractivity contribution in [1.29, 1.82) is 0 Å². The average molecular weight is 289 g/mol. The lowest BCUT2D eigenvalue weighted by Crippen LogP contribution is -2.07. The van der Waals surface area contributed by atoms with Crippen molar-refractivity contribution in [3.05, 3.63) is 41.9 Å². The zero-order valence-corrected chi connectivity index (χ0v) is 11.7. The van der Waals surface area contributed by atoms with Crippen molar-refractivity contribution in [1.82, 2.24) is 9.97 Å². The van der Waals surface area contributed by atoms with Gasteiger partial charge in [-0.1, -0.05) is 6.07 Å². The zero-order chi connectivity index (χ0) is 15.2. The number of anilines is 1. The van der Waals surface area contributed by atoms with Crippen LogP contribution in [0.25, 0.3) is 0 Å². The zero-order valence-electron chi connectivity index (χ0n) is 11.7. The summed E-state index contributed by atoms with van der Waals surface area (Å²) in [5.74, 6) is 0.554.